The van der Waals surface area contributed by atoms with E-state index in [2.05, 4.69) is 15.2 Å². The molecule has 35 heavy (non-hydrogen) atoms. The standard InChI is InChI=1S/C24H29FN6O3S/c1-2-35(33,34)29-13-10-19(11-14-29)27-24(32)21-16-26-22-8-9-23(28-31(21)22)30-12-4-7-20(30)17-5-3-6-18(25)15-17/h3,5-6,8-9,15-16,19-20H,2,4,7,10-14H2,1H3,(H,27,32). The maximum absolute atomic E-state index is 13.8. The van der Waals surface area contributed by atoms with Gasteiger partial charge in [-0.1, -0.05) is 12.1 Å². The van der Waals surface area contributed by atoms with Crippen LogP contribution in [-0.2, 0) is 10.0 Å². The summed E-state index contributed by atoms with van der Waals surface area (Å²) in [7, 11) is -3.21. The smallest absolute Gasteiger partial charge is 0.271 e. The number of carbonyl (C=O) groups excluding carboxylic acids is 1. The number of carbonyl (C=O) groups is 1. The molecule has 0 aliphatic carbocycles. The first-order chi connectivity index (χ1) is 16.9. The molecule has 1 atom stereocenters. The monoisotopic (exact) mass is 500 g/mol. The molecular formula is C24H29FN6O3S. The van der Waals surface area contributed by atoms with Crippen LogP contribution in [-0.4, -0.2) is 64.7 Å². The summed E-state index contributed by atoms with van der Waals surface area (Å²) >= 11 is 0. The Morgan fingerprint density at radius 2 is 1.94 bits per heavy atom. The molecule has 1 N–H and O–H groups in total. The lowest BCUT2D eigenvalue weighted by atomic mass is 10.0. The van der Waals surface area contributed by atoms with Gasteiger partial charge in [-0.05, 0) is 62.4 Å². The molecule has 2 aliphatic rings. The molecule has 1 unspecified atom stereocenters. The minimum absolute atomic E-state index is 0.0148. The summed E-state index contributed by atoms with van der Waals surface area (Å²) in [5.74, 6) is 0.234. The number of rotatable bonds is 6. The number of nitrogens with one attached hydrogen (secondary N) is 1. The number of halogens is 1. The molecule has 0 radical (unpaired) electrons. The van der Waals surface area contributed by atoms with Gasteiger partial charge in [-0.3, -0.25) is 4.79 Å². The second-order valence-corrected chi connectivity index (χ2v) is 11.3. The number of nitrogens with zero attached hydrogens (tertiary/aromatic N) is 5. The molecule has 0 bridgehead atoms. The number of amides is 1. The second-order valence-electron chi connectivity index (χ2n) is 9.06. The van der Waals surface area contributed by atoms with Gasteiger partial charge in [-0.2, -0.15) is 0 Å². The van der Waals surface area contributed by atoms with Crippen LogP contribution >= 0.6 is 0 Å². The fourth-order valence-corrected chi connectivity index (χ4v) is 6.13. The van der Waals surface area contributed by atoms with Gasteiger partial charge >= 0.3 is 0 Å². The Hall–Kier alpha value is -3.05. The fourth-order valence-electron chi connectivity index (χ4n) is 4.99. The molecular weight excluding hydrogens is 471 g/mol. The van der Waals surface area contributed by atoms with Crippen LogP contribution in [0, 0.1) is 5.82 Å². The third-order valence-corrected chi connectivity index (χ3v) is 8.79. The maximum Gasteiger partial charge on any atom is 0.271 e. The van der Waals surface area contributed by atoms with Crippen LogP contribution in [0.1, 0.15) is 54.7 Å². The van der Waals surface area contributed by atoms with Gasteiger partial charge in [-0.15, -0.1) is 5.10 Å². The summed E-state index contributed by atoms with van der Waals surface area (Å²) in [5.41, 5.74) is 1.79. The predicted octanol–water partition coefficient (Wildman–Crippen LogP) is 2.75. The fraction of sp³-hybridized carbons (Fsp3) is 0.458. The first-order valence-electron chi connectivity index (χ1n) is 12.0. The Kier molecular flexibility index (Phi) is 6.45. The molecule has 9 nitrogen and oxygen atoms in total. The average molecular weight is 501 g/mol. The van der Waals surface area contributed by atoms with Crippen LogP contribution in [0.3, 0.4) is 0 Å². The number of hydrogen-bond donors (Lipinski definition) is 1. The Bertz CT molecular complexity index is 1340. The van der Waals surface area contributed by atoms with Gasteiger partial charge in [0.2, 0.25) is 10.0 Å². The summed E-state index contributed by atoms with van der Waals surface area (Å²) in [6.07, 6.45) is 4.48. The van der Waals surface area contributed by atoms with Gasteiger partial charge in [-0.25, -0.2) is 26.6 Å². The normalized spacial score (nSPS) is 19.9. The first-order valence-corrected chi connectivity index (χ1v) is 13.6. The van der Waals surface area contributed by atoms with E-state index in [1.165, 1.54) is 16.6 Å². The van der Waals surface area contributed by atoms with E-state index in [0.717, 1.165) is 24.9 Å². The molecule has 2 fully saturated rings. The molecule has 186 valence electrons. The van der Waals surface area contributed by atoms with E-state index in [4.69, 9.17) is 5.10 Å². The van der Waals surface area contributed by atoms with Crippen LogP contribution in [0.2, 0.25) is 0 Å². The van der Waals surface area contributed by atoms with Crippen molar-refractivity contribution in [2.45, 2.75) is 44.7 Å². The minimum atomic E-state index is -3.21. The van der Waals surface area contributed by atoms with Crippen molar-refractivity contribution in [3.63, 3.8) is 0 Å². The van der Waals surface area contributed by atoms with Crippen molar-refractivity contribution < 1.29 is 17.6 Å². The molecule has 1 amide bonds. The molecule has 0 saturated carbocycles. The maximum atomic E-state index is 13.8. The van der Waals surface area contributed by atoms with Gasteiger partial charge in [0.05, 0.1) is 18.0 Å². The van der Waals surface area contributed by atoms with E-state index in [9.17, 15) is 17.6 Å². The first kappa shape index (κ1) is 23.7. The largest absolute Gasteiger partial charge is 0.348 e. The Morgan fingerprint density at radius 1 is 1.14 bits per heavy atom. The molecule has 11 heteroatoms. The molecule has 5 rings (SSSR count). The zero-order chi connectivity index (χ0) is 24.6. The van der Waals surface area contributed by atoms with E-state index in [1.54, 1.807) is 23.6 Å². The highest BCUT2D eigenvalue weighted by molar-refractivity contribution is 7.89. The van der Waals surface area contributed by atoms with Crippen LogP contribution in [0.25, 0.3) is 5.65 Å². The van der Waals surface area contributed by atoms with Crippen molar-refractivity contribution in [1.82, 2.24) is 24.2 Å². The number of benzene rings is 1. The van der Waals surface area contributed by atoms with Crippen LogP contribution < -0.4 is 10.2 Å². The number of anilines is 1. The average Bonchev–Trinajstić information content (AvgIpc) is 3.51. The zero-order valence-corrected chi connectivity index (χ0v) is 20.4. The van der Waals surface area contributed by atoms with Crippen molar-refractivity contribution >= 4 is 27.4 Å². The highest BCUT2D eigenvalue weighted by atomic mass is 32.2. The number of fused-ring (bicyclic) bond motifs is 1. The molecule has 2 aromatic heterocycles. The van der Waals surface area contributed by atoms with Crippen molar-refractivity contribution in [3.05, 3.63) is 59.7 Å². The predicted molar refractivity (Wildman–Crippen MR) is 130 cm³/mol. The number of aromatic nitrogens is 3. The summed E-state index contributed by atoms with van der Waals surface area (Å²) in [4.78, 5) is 19.5. The van der Waals surface area contributed by atoms with E-state index in [1.807, 2.05) is 18.2 Å². The topological polar surface area (TPSA) is 99.9 Å². The van der Waals surface area contributed by atoms with E-state index >= 15 is 0 Å². The summed E-state index contributed by atoms with van der Waals surface area (Å²) in [5, 5.41) is 7.74. The molecule has 1 aromatic carbocycles. The van der Waals surface area contributed by atoms with E-state index in [-0.39, 0.29) is 29.6 Å². The van der Waals surface area contributed by atoms with Crippen molar-refractivity contribution in [3.8, 4) is 0 Å². The molecule has 2 saturated heterocycles. The highest BCUT2D eigenvalue weighted by Gasteiger charge is 2.30. The summed E-state index contributed by atoms with van der Waals surface area (Å²) < 4.78 is 41.0. The molecule has 0 spiro atoms. The van der Waals surface area contributed by atoms with Crippen molar-refractivity contribution in [2.75, 3.05) is 30.3 Å². The molecule has 3 aromatic rings. The number of piperidine rings is 1. The lowest BCUT2D eigenvalue weighted by Gasteiger charge is -2.31. The Balaban J connectivity index is 1.33. The minimum Gasteiger partial charge on any atom is -0.348 e. The zero-order valence-electron chi connectivity index (χ0n) is 19.6. The van der Waals surface area contributed by atoms with Gasteiger partial charge in [0.1, 0.15) is 11.6 Å². The number of imidazole rings is 1. The van der Waals surface area contributed by atoms with Crippen LogP contribution in [0.4, 0.5) is 10.2 Å². The van der Waals surface area contributed by atoms with Gasteiger partial charge < -0.3 is 10.2 Å². The van der Waals surface area contributed by atoms with Crippen LogP contribution in [0.5, 0.6) is 0 Å². The van der Waals surface area contributed by atoms with E-state index < -0.39 is 10.0 Å². The second kappa shape index (κ2) is 9.54. The number of sulfonamides is 1. The SMILES string of the molecule is CCS(=O)(=O)N1CCC(NC(=O)c2cnc3ccc(N4CCCC4c4cccc(F)c4)nn23)CC1. The quantitative estimate of drug-likeness (QED) is 0.559. The third kappa shape index (κ3) is 4.74. The van der Waals surface area contributed by atoms with Gasteiger partial charge in [0.25, 0.3) is 5.91 Å². The van der Waals surface area contributed by atoms with Gasteiger partial charge in [0.15, 0.2) is 11.3 Å². The number of hydrogen-bond acceptors (Lipinski definition) is 6. The lowest BCUT2D eigenvalue weighted by Crippen LogP contribution is -2.47. The summed E-state index contributed by atoms with van der Waals surface area (Å²) in [6.45, 7) is 3.22. The van der Waals surface area contributed by atoms with Crippen molar-refractivity contribution in [1.29, 1.82) is 0 Å². The third-order valence-electron chi connectivity index (χ3n) is 6.91. The van der Waals surface area contributed by atoms with E-state index in [0.29, 0.717) is 43.1 Å². The lowest BCUT2D eigenvalue weighted by molar-refractivity contribution is 0.0916. The van der Waals surface area contributed by atoms with Crippen molar-refractivity contribution in [2.24, 2.45) is 0 Å². The Morgan fingerprint density at radius 3 is 2.69 bits per heavy atom. The molecule has 4 heterocycles. The Labute approximate surface area is 204 Å². The highest BCUT2D eigenvalue weighted by Crippen LogP contribution is 2.35. The molecule has 2 aliphatic heterocycles. The summed E-state index contributed by atoms with van der Waals surface area (Å²) in [6, 6.07) is 10.3. The van der Waals surface area contributed by atoms with Gasteiger partial charge in [0, 0.05) is 25.7 Å². The van der Waals surface area contributed by atoms with Crippen LogP contribution in [0.15, 0.2) is 42.6 Å².